The number of hydrogen-bond acceptors (Lipinski definition) is 6. The topological polar surface area (TPSA) is 84.9 Å². The number of rotatable bonds is 11. The Bertz CT molecular complexity index is 682. The second-order valence-electron chi connectivity index (χ2n) is 9.03. The van der Waals surface area contributed by atoms with Crippen LogP contribution in [-0.4, -0.2) is 29.6 Å². The van der Waals surface area contributed by atoms with Crippen LogP contribution in [0.25, 0.3) is 0 Å². The summed E-state index contributed by atoms with van der Waals surface area (Å²) >= 11 is 0. The van der Waals surface area contributed by atoms with Crippen LogP contribution in [0.2, 0.25) is 0 Å². The fourth-order valence-electron chi connectivity index (χ4n) is 2.53. The molecule has 0 aliphatic rings. The average molecular weight is 408 g/mol. The standard InChI is InChI=1S/C23H37NO5/c1-8-23(6,7)13-22(27)29-20-12-17(18(25)14-24-16(4)5)9-10-19(20)28-21(26)11-15(2)3/h9-10,12,15-16,18,24-25H,8,11,13-14H2,1-7H3. The first kappa shape index (κ1) is 25.1. The van der Waals surface area contributed by atoms with Crippen LogP contribution in [0.5, 0.6) is 11.5 Å². The fourth-order valence-corrected chi connectivity index (χ4v) is 2.53. The Morgan fingerprint density at radius 3 is 2.24 bits per heavy atom. The van der Waals surface area contributed by atoms with Crippen LogP contribution in [-0.2, 0) is 9.59 Å². The molecule has 0 spiro atoms. The minimum atomic E-state index is -0.776. The summed E-state index contributed by atoms with van der Waals surface area (Å²) in [5.74, 6) is -0.292. The molecule has 0 aromatic heterocycles. The molecule has 1 aromatic rings. The van der Waals surface area contributed by atoms with Crippen molar-refractivity contribution in [1.29, 1.82) is 0 Å². The predicted molar refractivity (Wildman–Crippen MR) is 114 cm³/mol. The van der Waals surface area contributed by atoms with Crippen molar-refractivity contribution in [3.8, 4) is 11.5 Å². The van der Waals surface area contributed by atoms with Crippen molar-refractivity contribution in [1.82, 2.24) is 5.32 Å². The summed E-state index contributed by atoms with van der Waals surface area (Å²) < 4.78 is 11.0. The maximum absolute atomic E-state index is 12.5. The van der Waals surface area contributed by atoms with Crippen molar-refractivity contribution in [3.63, 3.8) is 0 Å². The molecule has 0 saturated carbocycles. The minimum absolute atomic E-state index is 0.153. The molecule has 1 aromatic carbocycles. The third-order valence-electron chi connectivity index (χ3n) is 4.67. The molecule has 0 radical (unpaired) electrons. The van der Waals surface area contributed by atoms with Crippen LogP contribution in [0.4, 0.5) is 0 Å². The minimum Gasteiger partial charge on any atom is -0.423 e. The monoisotopic (exact) mass is 407 g/mol. The van der Waals surface area contributed by atoms with E-state index in [2.05, 4.69) is 5.32 Å². The maximum Gasteiger partial charge on any atom is 0.311 e. The van der Waals surface area contributed by atoms with Crippen molar-refractivity contribution in [2.45, 2.75) is 79.9 Å². The van der Waals surface area contributed by atoms with Gasteiger partial charge < -0.3 is 19.9 Å². The second-order valence-corrected chi connectivity index (χ2v) is 9.03. The van der Waals surface area contributed by atoms with Crippen LogP contribution in [0.15, 0.2) is 18.2 Å². The van der Waals surface area contributed by atoms with Crippen LogP contribution in [0, 0.1) is 11.3 Å². The normalized spacial score (nSPS) is 12.9. The Labute approximate surface area is 175 Å². The van der Waals surface area contributed by atoms with Gasteiger partial charge in [0.15, 0.2) is 11.5 Å². The van der Waals surface area contributed by atoms with Gasteiger partial charge in [-0.25, -0.2) is 0 Å². The lowest BCUT2D eigenvalue weighted by Gasteiger charge is -2.22. The van der Waals surface area contributed by atoms with Gasteiger partial charge in [-0.3, -0.25) is 9.59 Å². The Balaban J connectivity index is 3.07. The molecule has 29 heavy (non-hydrogen) atoms. The number of hydrogen-bond donors (Lipinski definition) is 2. The summed E-state index contributed by atoms with van der Waals surface area (Å²) in [4.78, 5) is 24.6. The number of aliphatic hydroxyl groups excluding tert-OH is 1. The zero-order chi connectivity index (χ0) is 22.2. The average Bonchev–Trinajstić information content (AvgIpc) is 2.59. The molecular formula is C23H37NO5. The number of benzene rings is 1. The van der Waals surface area contributed by atoms with Gasteiger partial charge in [-0.1, -0.05) is 61.0 Å². The van der Waals surface area contributed by atoms with Crippen molar-refractivity contribution in [3.05, 3.63) is 23.8 Å². The molecule has 0 aliphatic carbocycles. The molecule has 2 N–H and O–H groups in total. The summed E-state index contributed by atoms with van der Waals surface area (Å²) in [6, 6.07) is 5.05. The van der Waals surface area contributed by atoms with Gasteiger partial charge in [-0.15, -0.1) is 0 Å². The summed E-state index contributed by atoms with van der Waals surface area (Å²) in [5.41, 5.74) is 0.392. The fraction of sp³-hybridized carbons (Fsp3) is 0.652. The van der Waals surface area contributed by atoms with Gasteiger partial charge in [0.2, 0.25) is 0 Å². The number of carbonyl (C=O) groups is 2. The maximum atomic E-state index is 12.5. The van der Waals surface area contributed by atoms with Crippen LogP contribution in [0.1, 0.15) is 79.4 Å². The Morgan fingerprint density at radius 1 is 1.07 bits per heavy atom. The zero-order valence-corrected chi connectivity index (χ0v) is 18.9. The van der Waals surface area contributed by atoms with Crippen molar-refractivity contribution in [2.75, 3.05) is 6.54 Å². The van der Waals surface area contributed by atoms with Crippen LogP contribution < -0.4 is 14.8 Å². The highest BCUT2D eigenvalue weighted by Gasteiger charge is 2.23. The second kappa shape index (κ2) is 11.3. The van der Waals surface area contributed by atoms with E-state index < -0.39 is 12.1 Å². The summed E-state index contributed by atoms with van der Waals surface area (Å²) in [6.07, 6.45) is 0.559. The molecule has 164 valence electrons. The van der Waals surface area contributed by atoms with E-state index in [0.29, 0.717) is 12.1 Å². The number of ether oxygens (including phenoxy) is 2. The Hall–Kier alpha value is -1.92. The summed E-state index contributed by atoms with van der Waals surface area (Å²) in [5, 5.41) is 13.6. The Kier molecular flexibility index (Phi) is 9.80. The molecular weight excluding hydrogens is 370 g/mol. The molecule has 1 unspecified atom stereocenters. The first-order valence-corrected chi connectivity index (χ1v) is 10.4. The highest BCUT2D eigenvalue weighted by molar-refractivity contribution is 5.76. The third kappa shape index (κ3) is 9.41. The highest BCUT2D eigenvalue weighted by Crippen LogP contribution is 2.33. The molecule has 0 saturated heterocycles. The largest absolute Gasteiger partial charge is 0.423 e. The number of aliphatic hydroxyl groups is 1. The van der Waals surface area contributed by atoms with Gasteiger partial charge in [0.1, 0.15) is 0 Å². The molecule has 0 heterocycles. The predicted octanol–water partition coefficient (Wildman–Crippen LogP) is 4.40. The van der Waals surface area contributed by atoms with E-state index in [4.69, 9.17) is 9.47 Å². The lowest BCUT2D eigenvalue weighted by molar-refractivity contribution is -0.138. The van der Waals surface area contributed by atoms with E-state index >= 15 is 0 Å². The van der Waals surface area contributed by atoms with Crippen molar-refractivity contribution >= 4 is 11.9 Å². The van der Waals surface area contributed by atoms with Crippen molar-refractivity contribution in [2.24, 2.45) is 11.3 Å². The highest BCUT2D eigenvalue weighted by atomic mass is 16.6. The quantitative estimate of drug-likeness (QED) is 0.418. The number of esters is 2. The van der Waals surface area contributed by atoms with E-state index in [1.165, 1.54) is 0 Å². The molecule has 0 aliphatic heterocycles. The van der Waals surface area contributed by atoms with Gasteiger partial charge in [-0.2, -0.15) is 0 Å². The Morgan fingerprint density at radius 2 is 1.69 bits per heavy atom. The lowest BCUT2D eigenvalue weighted by atomic mass is 9.87. The van der Waals surface area contributed by atoms with Gasteiger partial charge in [-0.05, 0) is 29.0 Å². The van der Waals surface area contributed by atoms with Crippen LogP contribution in [0.3, 0.4) is 0 Å². The van der Waals surface area contributed by atoms with Gasteiger partial charge in [0.25, 0.3) is 0 Å². The molecule has 1 rings (SSSR count). The van der Waals surface area contributed by atoms with E-state index in [9.17, 15) is 14.7 Å². The first-order valence-electron chi connectivity index (χ1n) is 10.4. The molecule has 0 amide bonds. The molecule has 6 heteroatoms. The van der Waals surface area contributed by atoms with E-state index in [-0.39, 0.29) is 47.7 Å². The molecule has 0 fully saturated rings. The number of carbonyl (C=O) groups excluding carboxylic acids is 2. The van der Waals surface area contributed by atoms with Gasteiger partial charge >= 0.3 is 11.9 Å². The lowest BCUT2D eigenvalue weighted by Crippen LogP contribution is -2.28. The van der Waals surface area contributed by atoms with Crippen molar-refractivity contribution < 1.29 is 24.2 Å². The zero-order valence-electron chi connectivity index (χ0n) is 18.9. The van der Waals surface area contributed by atoms with E-state index in [1.54, 1.807) is 18.2 Å². The molecule has 0 bridgehead atoms. The SMILES string of the molecule is CCC(C)(C)CC(=O)Oc1cc(C(O)CNC(C)C)ccc1OC(=O)CC(C)C. The van der Waals surface area contributed by atoms with Crippen LogP contribution >= 0.6 is 0 Å². The summed E-state index contributed by atoms with van der Waals surface area (Å²) in [7, 11) is 0. The van der Waals surface area contributed by atoms with Gasteiger partial charge in [0, 0.05) is 19.0 Å². The first-order chi connectivity index (χ1) is 13.4. The molecule has 1 atom stereocenters. The molecule has 6 nitrogen and oxygen atoms in total. The summed E-state index contributed by atoms with van der Waals surface area (Å²) in [6.45, 7) is 14.2. The third-order valence-corrected chi connectivity index (χ3v) is 4.67. The van der Waals surface area contributed by atoms with E-state index in [0.717, 1.165) is 6.42 Å². The smallest absolute Gasteiger partial charge is 0.311 e. The van der Waals surface area contributed by atoms with Gasteiger partial charge in [0.05, 0.1) is 12.5 Å². The van der Waals surface area contributed by atoms with E-state index in [1.807, 2.05) is 48.5 Å². The number of nitrogens with one attached hydrogen (secondary N) is 1.